The van der Waals surface area contributed by atoms with Crippen molar-refractivity contribution in [2.24, 2.45) is 0 Å². The summed E-state index contributed by atoms with van der Waals surface area (Å²) in [7, 11) is -2.26. The van der Waals surface area contributed by atoms with E-state index in [4.69, 9.17) is 37.9 Å². The molecule has 0 bridgehead atoms. The zero-order valence-corrected chi connectivity index (χ0v) is 74.8. The number of rotatable bonds is 28. The van der Waals surface area contributed by atoms with Crippen molar-refractivity contribution in [3.05, 3.63) is 214 Å². The van der Waals surface area contributed by atoms with Crippen LogP contribution in [-0.2, 0) is 39.3 Å². The summed E-state index contributed by atoms with van der Waals surface area (Å²) < 4.78 is 152. The molecule has 0 aliphatic carbocycles. The summed E-state index contributed by atoms with van der Waals surface area (Å²) in [6, 6.07) is 50.5. The lowest BCUT2D eigenvalue weighted by molar-refractivity contribution is -0.193. The number of unbranched alkanes of at least 4 members (excludes halogenated alkanes) is 4. The first-order valence-electron chi connectivity index (χ1n) is 41.1. The molecule has 26 heteroatoms. The number of fused-ring (bicyclic) bond motifs is 4. The summed E-state index contributed by atoms with van der Waals surface area (Å²) in [6.07, 6.45) is 12.7. The number of hydrogen-bond acceptors (Lipinski definition) is 22. The zero-order valence-electron chi connectivity index (χ0n) is 71.6. The molecule has 0 spiro atoms. The maximum Gasteiger partial charge on any atom is 0.180 e. The summed E-state index contributed by atoms with van der Waals surface area (Å²) in [5, 5.41) is 33.3. The molecule has 644 valence electrons. The highest BCUT2D eigenvalue weighted by molar-refractivity contribution is 7.92. The highest BCUT2D eigenvalue weighted by Crippen LogP contribution is 2.51. The number of hydroxylamine groups is 4. The molecule has 4 aliphatic rings. The van der Waals surface area contributed by atoms with Crippen LogP contribution < -0.4 is 48.5 Å². The third kappa shape index (κ3) is 20.3. The van der Waals surface area contributed by atoms with Crippen molar-refractivity contribution in [3.8, 4) is 46.0 Å². The van der Waals surface area contributed by atoms with Crippen LogP contribution >= 0.6 is 0 Å². The van der Waals surface area contributed by atoms with Crippen LogP contribution in [0.5, 0.6) is 46.0 Å². The number of hydrogen-bond donors (Lipinski definition) is 4. The molecule has 4 heterocycles. The minimum absolute atomic E-state index is 0.0717. The minimum Gasteiger partial charge on any atom is -0.493 e. The van der Waals surface area contributed by atoms with E-state index in [0.29, 0.717) is 104 Å². The first kappa shape index (κ1) is 93.6. The summed E-state index contributed by atoms with van der Waals surface area (Å²) in [6.45, 7) is 16.4. The highest BCUT2D eigenvalue weighted by atomic mass is 32.2. The van der Waals surface area contributed by atoms with Crippen molar-refractivity contribution < 1.29 is 82.0 Å². The summed E-state index contributed by atoms with van der Waals surface area (Å²) in [4.78, 5) is 1.01. The largest absolute Gasteiger partial charge is 0.493 e. The molecule has 4 aliphatic heterocycles. The normalized spacial score (nSPS) is 23.3. The molecule has 8 atom stereocenters. The van der Waals surface area contributed by atoms with Crippen LogP contribution in [0.1, 0.15) is 227 Å². The Morgan fingerprint density at radius 2 is 0.542 bits per heavy atom. The standard InChI is InChI=1S/2C23H31NO5S.2C23H31NO4S/c2*1-5-7-13-23(6-2)16-30(26,27)21-15-20(29-4)19(28-3)14-18(21)22(24(23)25)17-11-9-8-10-12-17;2*1-5-7-13-23(6-2)16-29(25,26)21-15-20(28-4)19(27-3)14-18(21)22(24-23)17-11-9-8-10-12-17/h2*8-12,14-15,22,25H,5-7,13,16H2,1-4H3;2*8-12,14-15,22,24H,5-7,13,16H2,1-4H3/t22-,23+;22-,23-;22-,23+;22-,23-/m1111/s1. The Morgan fingerprint density at radius 1 is 0.314 bits per heavy atom. The molecule has 0 aromatic heterocycles. The second kappa shape index (κ2) is 40.9. The molecule has 0 saturated heterocycles. The molecule has 4 N–H and O–H groups in total. The van der Waals surface area contributed by atoms with Crippen molar-refractivity contribution in [1.82, 2.24) is 20.8 Å². The molecule has 0 amide bonds. The van der Waals surface area contributed by atoms with Crippen molar-refractivity contribution in [1.29, 1.82) is 0 Å². The van der Waals surface area contributed by atoms with E-state index in [1.165, 1.54) is 64.9 Å². The Kier molecular flexibility index (Phi) is 32.4. The van der Waals surface area contributed by atoms with Gasteiger partial charge in [-0.05, 0) is 120 Å². The zero-order chi connectivity index (χ0) is 86.0. The Labute approximate surface area is 701 Å². The van der Waals surface area contributed by atoms with E-state index in [-0.39, 0.29) is 44.9 Å². The lowest BCUT2D eigenvalue weighted by Crippen LogP contribution is -2.51. The van der Waals surface area contributed by atoms with Crippen molar-refractivity contribution in [2.75, 3.05) is 79.9 Å². The fourth-order valence-corrected chi connectivity index (χ4v) is 25.7. The van der Waals surface area contributed by atoms with E-state index in [1.807, 2.05) is 147 Å². The van der Waals surface area contributed by atoms with Crippen LogP contribution in [0.25, 0.3) is 0 Å². The third-order valence-corrected chi connectivity index (χ3v) is 31.8. The number of sulfone groups is 4. The van der Waals surface area contributed by atoms with Gasteiger partial charge in [0, 0.05) is 35.3 Å². The lowest BCUT2D eigenvalue weighted by Gasteiger charge is -2.42. The third-order valence-electron chi connectivity index (χ3n) is 24.0. The summed E-state index contributed by atoms with van der Waals surface area (Å²) in [5.41, 5.74) is 3.34. The van der Waals surface area contributed by atoms with Gasteiger partial charge in [-0.2, -0.15) is 10.1 Å². The SMILES string of the molecule is CCCC[C@@]1(CC)CS(=O)(=O)c2cc(OC)c(OC)cc2[C@@H](c2ccccc2)N1.CCCC[C@@]1(CC)CS(=O)(=O)c2cc(OC)c(OC)cc2[C@@H](c2ccccc2)N1O.CCCC[C@]1(CC)CS(=O)(=O)c2cc(OC)c(OC)cc2[C@@H](c2ccccc2)N1.CCCC[C@]1(CC)CS(=O)(=O)c2cc(OC)c(OC)cc2[C@@H](c2ccccc2)N1O. The molecule has 8 aromatic rings. The first-order chi connectivity index (χ1) is 56.4. The molecule has 0 saturated carbocycles. The Bertz CT molecular complexity index is 4790. The molecular weight excluding hydrogens is 1580 g/mol. The van der Waals surface area contributed by atoms with Gasteiger partial charge in [-0.1, -0.05) is 228 Å². The van der Waals surface area contributed by atoms with Crippen LogP contribution in [-0.4, -0.2) is 156 Å². The van der Waals surface area contributed by atoms with Gasteiger partial charge in [0.2, 0.25) is 0 Å². The summed E-state index contributed by atoms with van der Waals surface area (Å²) in [5.74, 6) is 3.32. The quantitative estimate of drug-likeness (QED) is 0.0354. The van der Waals surface area contributed by atoms with E-state index < -0.39 is 73.6 Å². The van der Waals surface area contributed by atoms with Gasteiger partial charge in [-0.15, -0.1) is 0 Å². The van der Waals surface area contributed by atoms with Crippen LogP contribution in [0.4, 0.5) is 0 Å². The fourth-order valence-electron chi connectivity index (χ4n) is 17.1. The molecule has 12 rings (SSSR count). The van der Waals surface area contributed by atoms with Crippen LogP contribution in [0, 0.1) is 0 Å². The predicted molar refractivity (Wildman–Crippen MR) is 463 cm³/mol. The topological polar surface area (TPSA) is 281 Å². The van der Waals surface area contributed by atoms with Crippen molar-refractivity contribution in [2.45, 2.75) is 224 Å². The average molecular weight is 1700 g/mol. The number of methoxy groups -OCH3 is 8. The van der Waals surface area contributed by atoms with Gasteiger partial charge in [0.15, 0.2) is 85.3 Å². The summed E-state index contributed by atoms with van der Waals surface area (Å²) >= 11 is 0. The molecule has 0 fully saturated rings. The number of benzene rings is 8. The van der Waals surface area contributed by atoms with E-state index in [9.17, 15) is 44.1 Å². The molecule has 0 radical (unpaired) electrons. The minimum atomic E-state index is -3.70. The van der Waals surface area contributed by atoms with Gasteiger partial charge < -0.3 is 48.3 Å². The van der Waals surface area contributed by atoms with Crippen LogP contribution in [0.15, 0.2) is 189 Å². The molecular formula is C92H124N4O18S4. The van der Waals surface area contributed by atoms with Gasteiger partial charge in [-0.3, -0.25) is 10.6 Å². The van der Waals surface area contributed by atoms with E-state index >= 15 is 0 Å². The van der Waals surface area contributed by atoms with Gasteiger partial charge in [0.25, 0.3) is 0 Å². The molecule has 22 nitrogen and oxygen atoms in total. The lowest BCUT2D eigenvalue weighted by atomic mass is 9.87. The fraction of sp³-hybridized carbons (Fsp3) is 0.478. The van der Waals surface area contributed by atoms with Gasteiger partial charge in [-0.25, -0.2) is 33.7 Å². The van der Waals surface area contributed by atoms with E-state index in [2.05, 4.69) is 52.2 Å². The predicted octanol–water partition coefficient (Wildman–Crippen LogP) is 18.2. The Balaban J connectivity index is 0.000000179. The molecule has 0 unspecified atom stereocenters. The maximum atomic E-state index is 13.6. The van der Waals surface area contributed by atoms with Crippen LogP contribution in [0.3, 0.4) is 0 Å². The van der Waals surface area contributed by atoms with Gasteiger partial charge >= 0.3 is 0 Å². The van der Waals surface area contributed by atoms with Gasteiger partial charge in [0.05, 0.1) is 135 Å². The monoisotopic (exact) mass is 1700 g/mol. The van der Waals surface area contributed by atoms with Crippen molar-refractivity contribution >= 4 is 39.3 Å². The maximum absolute atomic E-state index is 13.6. The number of nitrogens with zero attached hydrogens (tertiary/aromatic N) is 2. The van der Waals surface area contributed by atoms with E-state index in [0.717, 1.165) is 99.3 Å². The number of nitrogens with one attached hydrogen (secondary N) is 2. The smallest absolute Gasteiger partial charge is 0.180 e. The second-order valence-electron chi connectivity index (χ2n) is 31.1. The van der Waals surface area contributed by atoms with Gasteiger partial charge in [0.1, 0.15) is 0 Å². The Morgan fingerprint density at radius 3 is 0.788 bits per heavy atom. The molecule has 118 heavy (non-hydrogen) atoms. The second-order valence-corrected chi connectivity index (χ2v) is 39.0. The Hall–Kier alpha value is -8.28. The van der Waals surface area contributed by atoms with E-state index in [1.54, 1.807) is 38.5 Å². The van der Waals surface area contributed by atoms with Crippen LogP contribution in [0.2, 0.25) is 0 Å². The van der Waals surface area contributed by atoms with Crippen molar-refractivity contribution in [3.63, 3.8) is 0 Å². The number of ether oxygens (including phenoxy) is 8. The first-order valence-corrected chi connectivity index (χ1v) is 47.7. The highest BCUT2D eigenvalue weighted by Gasteiger charge is 2.51. The average Bonchev–Trinajstić information content (AvgIpc) is 1.59. The molecule has 8 aromatic carbocycles.